The van der Waals surface area contributed by atoms with Gasteiger partial charge in [0.15, 0.2) is 0 Å². The second kappa shape index (κ2) is 3.98. The smallest absolute Gasteiger partial charge is 0.266 e. The average Bonchev–Trinajstić information content (AvgIpc) is 2.63. The van der Waals surface area contributed by atoms with Gasteiger partial charge in [-0.2, -0.15) is 0 Å². The van der Waals surface area contributed by atoms with Crippen molar-refractivity contribution >= 4 is 27.8 Å². The number of aromatic nitrogens is 2. The maximum atomic E-state index is 11.8. The number of hydrogen-bond donors (Lipinski definition) is 0. The van der Waals surface area contributed by atoms with Crippen molar-refractivity contribution in [3.8, 4) is 0 Å². The fraction of sp³-hybridized carbons (Fsp3) is 0.273. The number of fused-ring (bicyclic) bond motifs is 1. The lowest BCUT2D eigenvalue weighted by Crippen LogP contribution is -2.14. The van der Waals surface area contributed by atoms with Crippen LogP contribution in [0.25, 0.3) is 16.4 Å². The van der Waals surface area contributed by atoms with Crippen molar-refractivity contribution in [1.82, 2.24) is 9.55 Å². The summed E-state index contributed by atoms with van der Waals surface area (Å²) in [5.74, 6) is 0. The number of thiophene rings is 1. The van der Waals surface area contributed by atoms with E-state index in [0.29, 0.717) is 5.39 Å². The third-order valence-corrected chi connectivity index (χ3v) is 3.32. The van der Waals surface area contributed by atoms with Crippen LogP contribution in [0.3, 0.4) is 0 Å². The maximum Gasteiger partial charge on any atom is 0.266 e. The van der Waals surface area contributed by atoms with Crippen LogP contribution in [-0.4, -0.2) is 9.55 Å². The average molecular weight is 220 g/mol. The quantitative estimate of drug-likeness (QED) is 0.796. The van der Waals surface area contributed by atoms with E-state index < -0.39 is 0 Å². The van der Waals surface area contributed by atoms with Crippen molar-refractivity contribution in [3.63, 3.8) is 0 Å². The summed E-state index contributed by atoms with van der Waals surface area (Å²) < 4.78 is 1.41. The van der Waals surface area contributed by atoms with Crippen LogP contribution < -0.4 is 5.56 Å². The van der Waals surface area contributed by atoms with Gasteiger partial charge in [-0.3, -0.25) is 9.36 Å². The zero-order valence-corrected chi connectivity index (χ0v) is 9.38. The Balaban J connectivity index is 2.66. The summed E-state index contributed by atoms with van der Waals surface area (Å²) >= 11 is 1.60. The molecule has 0 unspecified atom stereocenters. The molecule has 2 aromatic heterocycles. The summed E-state index contributed by atoms with van der Waals surface area (Å²) in [6.07, 6.45) is 5.09. The molecule has 0 aliphatic rings. The van der Waals surface area contributed by atoms with Gasteiger partial charge in [0.1, 0.15) is 11.2 Å². The van der Waals surface area contributed by atoms with Crippen molar-refractivity contribution in [2.24, 2.45) is 0 Å². The van der Waals surface area contributed by atoms with Crippen molar-refractivity contribution in [3.05, 3.63) is 34.2 Å². The van der Waals surface area contributed by atoms with Crippen molar-refractivity contribution in [1.29, 1.82) is 0 Å². The molecule has 2 heterocycles. The van der Waals surface area contributed by atoms with Crippen LogP contribution in [0.5, 0.6) is 0 Å². The summed E-state index contributed by atoms with van der Waals surface area (Å²) in [7, 11) is 0. The van der Waals surface area contributed by atoms with Gasteiger partial charge in [-0.15, -0.1) is 11.3 Å². The van der Waals surface area contributed by atoms with Gasteiger partial charge < -0.3 is 0 Å². The monoisotopic (exact) mass is 220 g/mol. The largest absolute Gasteiger partial charge is 0.274 e. The van der Waals surface area contributed by atoms with E-state index in [2.05, 4.69) is 18.5 Å². The van der Waals surface area contributed by atoms with Crippen LogP contribution in [0.2, 0.25) is 0 Å². The number of aryl methyl sites for hydroxylation is 1. The molecular formula is C11H12N2OS. The molecule has 3 nitrogen and oxygen atoms in total. The van der Waals surface area contributed by atoms with Gasteiger partial charge in [-0.25, -0.2) is 4.98 Å². The molecule has 0 saturated carbocycles. The van der Waals surface area contributed by atoms with Gasteiger partial charge in [-0.05, 0) is 12.5 Å². The molecule has 0 bridgehead atoms. The lowest BCUT2D eigenvalue weighted by atomic mass is 10.2. The minimum atomic E-state index is -0.0337. The van der Waals surface area contributed by atoms with Crippen LogP contribution in [0.1, 0.15) is 18.2 Å². The van der Waals surface area contributed by atoms with Gasteiger partial charge in [0.05, 0.1) is 5.39 Å². The molecule has 0 aliphatic carbocycles. The highest BCUT2D eigenvalue weighted by molar-refractivity contribution is 7.18. The SMILES string of the molecule is C=Cn1cnc2sc(CCC)cc2c1=O. The van der Waals surface area contributed by atoms with Crippen LogP contribution in [0.4, 0.5) is 0 Å². The summed E-state index contributed by atoms with van der Waals surface area (Å²) in [4.78, 5) is 18.1. The van der Waals surface area contributed by atoms with E-state index in [9.17, 15) is 4.79 Å². The number of rotatable bonds is 3. The zero-order chi connectivity index (χ0) is 10.8. The summed E-state index contributed by atoms with van der Waals surface area (Å²) in [5.41, 5.74) is -0.0337. The standard InChI is InChI=1S/C11H12N2OS/c1-3-5-8-6-9-10(15-8)12-7-13(4-2)11(9)14/h4,6-7H,2-3,5H2,1H3. The van der Waals surface area contributed by atoms with E-state index in [-0.39, 0.29) is 5.56 Å². The van der Waals surface area contributed by atoms with Crippen molar-refractivity contribution in [2.45, 2.75) is 19.8 Å². The first-order chi connectivity index (χ1) is 7.26. The minimum Gasteiger partial charge on any atom is -0.274 e. The van der Waals surface area contributed by atoms with Crippen molar-refractivity contribution < 1.29 is 0 Å². The van der Waals surface area contributed by atoms with Crippen LogP contribution in [-0.2, 0) is 6.42 Å². The van der Waals surface area contributed by atoms with Gasteiger partial charge in [0.25, 0.3) is 5.56 Å². The third kappa shape index (κ3) is 1.72. The highest BCUT2D eigenvalue weighted by atomic mass is 32.1. The highest BCUT2D eigenvalue weighted by Crippen LogP contribution is 2.21. The van der Waals surface area contributed by atoms with E-state index in [4.69, 9.17) is 0 Å². The van der Waals surface area contributed by atoms with E-state index in [1.807, 2.05) is 6.07 Å². The predicted octanol–water partition coefficient (Wildman–Crippen LogP) is 2.51. The molecule has 0 N–H and O–H groups in total. The van der Waals surface area contributed by atoms with E-state index >= 15 is 0 Å². The van der Waals surface area contributed by atoms with Gasteiger partial charge >= 0.3 is 0 Å². The number of nitrogens with zero attached hydrogens (tertiary/aromatic N) is 2. The van der Waals surface area contributed by atoms with Crippen LogP contribution >= 0.6 is 11.3 Å². The molecule has 0 fully saturated rings. The van der Waals surface area contributed by atoms with Gasteiger partial charge in [0, 0.05) is 11.1 Å². The summed E-state index contributed by atoms with van der Waals surface area (Å²) in [5, 5.41) is 0.700. The molecule has 4 heteroatoms. The van der Waals surface area contributed by atoms with E-state index in [0.717, 1.165) is 17.7 Å². The Bertz CT molecular complexity index is 553. The van der Waals surface area contributed by atoms with Crippen LogP contribution in [0.15, 0.2) is 23.8 Å². The Kier molecular flexibility index (Phi) is 2.68. The molecule has 2 aromatic rings. The Hall–Kier alpha value is -1.42. The first-order valence-corrected chi connectivity index (χ1v) is 5.70. The molecular weight excluding hydrogens is 208 g/mol. The third-order valence-electron chi connectivity index (χ3n) is 2.22. The molecule has 0 saturated heterocycles. The molecule has 0 atom stereocenters. The molecule has 0 aromatic carbocycles. The van der Waals surface area contributed by atoms with Gasteiger partial charge in [-0.1, -0.05) is 19.9 Å². The number of hydrogen-bond acceptors (Lipinski definition) is 3. The second-order valence-corrected chi connectivity index (χ2v) is 4.44. The summed E-state index contributed by atoms with van der Waals surface area (Å²) in [6.45, 7) is 5.69. The Morgan fingerprint density at radius 1 is 1.67 bits per heavy atom. The first-order valence-electron chi connectivity index (χ1n) is 4.88. The molecule has 78 valence electrons. The van der Waals surface area contributed by atoms with E-state index in [1.54, 1.807) is 11.3 Å². The highest BCUT2D eigenvalue weighted by Gasteiger charge is 2.06. The first kappa shape index (κ1) is 10.1. The zero-order valence-electron chi connectivity index (χ0n) is 8.56. The normalized spacial score (nSPS) is 10.7. The Labute approximate surface area is 91.7 Å². The molecule has 0 amide bonds. The fourth-order valence-electron chi connectivity index (χ4n) is 1.49. The van der Waals surface area contributed by atoms with E-state index in [1.165, 1.54) is 22.0 Å². The Morgan fingerprint density at radius 2 is 2.47 bits per heavy atom. The molecule has 2 rings (SSSR count). The topological polar surface area (TPSA) is 34.9 Å². The molecule has 0 spiro atoms. The lowest BCUT2D eigenvalue weighted by molar-refractivity contribution is 0.940. The molecule has 0 radical (unpaired) electrons. The lowest BCUT2D eigenvalue weighted by Gasteiger charge is -1.94. The summed E-state index contributed by atoms with van der Waals surface area (Å²) in [6, 6.07) is 1.94. The maximum absolute atomic E-state index is 11.8. The second-order valence-electron chi connectivity index (χ2n) is 3.32. The predicted molar refractivity (Wildman–Crippen MR) is 64.3 cm³/mol. The molecule has 15 heavy (non-hydrogen) atoms. The molecule has 0 aliphatic heterocycles. The van der Waals surface area contributed by atoms with Crippen LogP contribution in [0, 0.1) is 0 Å². The van der Waals surface area contributed by atoms with Crippen molar-refractivity contribution in [2.75, 3.05) is 0 Å². The van der Waals surface area contributed by atoms with Gasteiger partial charge in [0.2, 0.25) is 0 Å². The minimum absolute atomic E-state index is 0.0337. The fourth-order valence-corrected chi connectivity index (χ4v) is 2.57. The Morgan fingerprint density at radius 3 is 3.13 bits per heavy atom.